The number of hydrogen-bond donors (Lipinski definition) is 0. The quantitative estimate of drug-likeness (QED) is 0.358. The van der Waals surface area contributed by atoms with E-state index in [9.17, 15) is 0 Å². The molecule has 0 aromatic carbocycles. The van der Waals surface area contributed by atoms with Gasteiger partial charge < -0.3 is 0 Å². The van der Waals surface area contributed by atoms with Crippen LogP contribution in [0.1, 0.15) is 45.4 Å². The molecule has 0 aliphatic heterocycles. The van der Waals surface area contributed by atoms with Gasteiger partial charge in [-0.15, -0.1) is 0 Å². The van der Waals surface area contributed by atoms with Crippen molar-refractivity contribution in [2.24, 2.45) is 0 Å². The first-order valence-corrected chi connectivity index (χ1v) is 6.36. The monoisotopic (exact) mass is 217 g/mol. The Kier molecular flexibility index (Phi) is 13.1. The molecule has 89 valence electrons. The third-order valence-electron chi connectivity index (χ3n) is 2.17. The van der Waals surface area contributed by atoms with Gasteiger partial charge in [-0.1, -0.05) is 75.3 Å². The lowest BCUT2D eigenvalue weighted by Crippen LogP contribution is -1.69. The number of hydrogen-bond acceptors (Lipinski definition) is 0. The van der Waals surface area contributed by atoms with E-state index in [1.165, 1.54) is 25.7 Å². The minimum absolute atomic E-state index is 0.973. The van der Waals surface area contributed by atoms with E-state index in [0.29, 0.717) is 0 Å². The van der Waals surface area contributed by atoms with E-state index < -0.39 is 0 Å². The van der Waals surface area contributed by atoms with Crippen molar-refractivity contribution in [3.63, 3.8) is 0 Å². The summed E-state index contributed by atoms with van der Waals surface area (Å²) < 4.78 is 0. The molecule has 0 aromatic rings. The van der Waals surface area contributed by atoms with Crippen molar-refractivity contribution in [3.05, 3.63) is 55.5 Å². The lowest BCUT2D eigenvalue weighted by molar-refractivity contribution is 0.729. The summed E-state index contributed by atoms with van der Waals surface area (Å²) in [6.45, 7) is 6.01. The highest BCUT2D eigenvalue weighted by molar-refractivity contribution is 5.15. The fraction of sp³-hybridized carbons (Fsp3) is 0.438. The van der Waals surface area contributed by atoms with E-state index >= 15 is 0 Å². The standard InChI is InChI=1S/C16H25/c1-3-5-7-9-11-13-15-16-14-12-10-8-6-4-2/h7,9,11-16H,1,3-6,8,10H2,2H3. The number of rotatable bonds is 9. The number of unbranched alkanes of at least 4 members (excludes halogenated alkanes) is 4. The van der Waals surface area contributed by atoms with Crippen LogP contribution in [0.25, 0.3) is 0 Å². The van der Waals surface area contributed by atoms with Crippen LogP contribution in [0, 0.1) is 6.92 Å². The normalized spacial score (nSPS) is 12.9. The van der Waals surface area contributed by atoms with Gasteiger partial charge in [0.05, 0.1) is 0 Å². The van der Waals surface area contributed by atoms with Crippen LogP contribution in [0.15, 0.2) is 48.6 Å². The van der Waals surface area contributed by atoms with Gasteiger partial charge in [0, 0.05) is 0 Å². The first-order valence-electron chi connectivity index (χ1n) is 6.36. The summed E-state index contributed by atoms with van der Waals surface area (Å²) in [6.07, 6.45) is 24.0. The highest BCUT2D eigenvalue weighted by Gasteiger charge is 1.79. The largest absolute Gasteiger partial charge is 0.0845 e. The Morgan fingerprint density at radius 1 is 0.750 bits per heavy atom. The molecule has 0 aliphatic rings. The van der Waals surface area contributed by atoms with E-state index in [1.807, 2.05) is 0 Å². The van der Waals surface area contributed by atoms with Gasteiger partial charge in [-0.2, -0.15) is 0 Å². The zero-order valence-electron chi connectivity index (χ0n) is 10.6. The molecule has 1 radical (unpaired) electrons. The summed E-state index contributed by atoms with van der Waals surface area (Å²) in [5.41, 5.74) is 0. The smallest absolute Gasteiger partial charge is 0.0348 e. The maximum Gasteiger partial charge on any atom is -0.0348 e. The van der Waals surface area contributed by atoms with Crippen molar-refractivity contribution >= 4 is 0 Å². The molecule has 0 N–H and O–H groups in total. The van der Waals surface area contributed by atoms with Crippen LogP contribution in [0.2, 0.25) is 0 Å². The van der Waals surface area contributed by atoms with Gasteiger partial charge in [0.15, 0.2) is 0 Å². The molecule has 0 heterocycles. The summed E-state index contributed by atoms with van der Waals surface area (Å²) in [7, 11) is 0. The van der Waals surface area contributed by atoms with Crippen LogP contribution < -0.4 is 0 Å². The zero-order chi connectivity index (χ0) is 11.9. The Labute approximate surface area is 101 Å². The summed E-state index contributed by atoms with van der Waals surface area (Å²) >= 11 is 0. The van der Waals surface area contributed by atoms with Crippen molar-refractivity contribution in [3.8, 4) is 0 Å². The Hall–Kier alpha value is -1.04. The summed E-state index contributed by atoms with van der Waals surface area (Å²) in [6, 6.07) is 0. The van der Waals surface area contributed by atoms with Gasteiger partial charge >= 0.3 is 0 Å². The van der Waals surface area contributed by atoms with Crippen molar-refractivity contribution in [2.75, 3.05) is 0 Å². The van der Waals surface area contributed by atoms with Crippen LogP contribution >= 0.6 is 0 Å². The molecule has 0 rings (SSSR count). The van der Waals surface area contributed by atoms with Crippen LogP contribution in [0.5, 0.6) is 0 Å². The lowest BCUT2D eigenvalue weighted by Gasteiger charge is -1.89. The Morgan fingerprint density at radius 2 is 1.31 bits per heavy atom. The SMILES string of the molecule is [CH2]CCC=CC=CC=CC=CCCCCC. The number of allylic oxidation sites excluding steroid dienone is 8. The third kappa shape index (κ3) is 13.0. The molecule has 0 amide bonds. The van der Waals surface area contributed by atoms with Gasteiger partial charge in [0.1, 0.15) is 0 Å². The first kappa shape index (κ1) is 15.0. The molecule has 0 fully saturated rings. The highest BCUT2D eigenvalue weighted by Crippen LogP contribution is 1.99. The molecule has 0 atom stereocenters. The molecule has 0 nitrogen and oxygen atoms in total. The van der Waals surface area contributed by atoms with Crippen LogP contribution in [-0.4, -0.2) is 0 Å². The van der Waals surface area contributed by atoms with Crippen molar-refractivity contribution in [2.45, 2.75) is 45.4 Å². The van der Waals surface area contributed by atoms with Gasteiger partial charge in [0.25, 0.3) is 0 Å². The molecular weight excluding hydrogens is 192 g/mol. The fourth-order valence-corrected chi connectivity index (χ4v) is 1.24. The van der Waals surface area contributed by atoms with Gasteiger partial charge in [-0.3, -0.25) is 0 Å². The molecule has 0 aromatic heterocycles. The molecule has 0 bridgehead atoms. The van der Waals surface area contributed by atoms with Crippen LogP contribution in [-0.2, 0) is 0 Å². The van der Waals surface area contributed by atoms with E-state index in [0.717, 1.165) is 12.8 Å². The molecule has 0 saturated heterocycles. The summed E-state index contributed by atoms with van der Waals surface area (Å²) in [5, 5.41) is 0. The maximum absolute atomic E-state index is 3.78. The van der Waals surface area contributed by atoms with E-state index in [2.05, 4.69) is 62.5 Å². The second-order valence-electron chi connectivity index (χ2n) is 3.76. The maximum atomic E-state index is 3.78. The summed E-state index contributed by atoms with van der Waals surface area (Å²) in [5.74, 6) is 0. The zero-order valence-corrected chi connectivity index (χ0v) is 10.6. The average molecular weight is 217 g/mol. The highest BCUT2D eigenvalue weighted by atomic mass is 13.9. The average Bonchev–Trinajstić information content (AvgIpc) is 2.31. The predicted octanol–water partition coefficient (Wildman–Crippen LogP) is 5.41. The van der Waals surface area contributed by atoms with E-state index in [-0.39, 0.29) is 0 Å². The second kappa shape index (κ2) is 14.0. The van der Waals surface area contributed by atoms with Gasteiger partial charge in [-0.25, -0.2) is 0 Å². The second-order valence-corrected chi connectivity index (χ2v) is 3.76. The van der Waals surface area contributed by atoms with Gasteiger partial charge in [-0.05, 0) is 25.7 Å². The molecule has 0 unspecified atom stereocenters. The van der Waals surface area contributed by atoms with Crippen molar-refractivity contribution < 1.29 is 0 Å². The summed E-state index contributed by atoms with van der Waals surface area (Å²) in [4.78, 5) is 0. The molecule has 0 heteroatoms. The topological polar surface area (TPSA) is 0 Å². The predicted molar refractivity (Wildman–Crippen MR) is 75.3 cm³/mol. The van der Waals surface area contributed by atoms with E-state index in [1.54, 1.807) is 0 Å². The molecular formula is C16H25. The van der Waals surface area contributed by atoms with Crippen LogP contribution in [0.3, 0.4) is 0 Å². The fourth-order valence-electron chi connectivity index (χ4n) is 1.24. The Balaban J connectivity index is 3.45. The molecule has 0 saturated carbocycles. The Bertz CT molecular complexity index is 228. The minimum Gasteiger partial charge on any atom is -0.0845 e. The van der Waals surface area contributed by atoms with Crippen LogP contribution in [0.4, 0.5) is 0 Å². The molecule has 0 aliphatic carbocycles. The van der Waals surface area contributed by atoms with E-state index in [4.69, 9.17) is 0 Å². The minimum atomic E-state index is 0.973. The first-order chi connectivity index (χ1) is 7.91. The molecule has 16 heavy (non-hydrogen) atoms. The van der Waals surface area contributed by atoms with Crippen molar-refractivity contribution in [1.29, 1.82) is 0 Å². The lowest BCUT2D eigenvalue weighted by atomic mass is 10.2. The molecule has 0 spiro atoms. The Morgan fingerprint density at radius 3 is 1.88 bits per heavy atom. The van der Waals surface area contributed by atoms with Crippen molar-refractivity contribution in [1.82, 2.24) is 0 Å². The van der Waals surface area contributed by atoms with Gasteiger partial charge in [0.2, 0.25) is 0 Å². The third-order valence-corrected chi connectivity index (χ3v) is 2.17.